The number of hydrogen-bond acceptors (Lipinski definition) is 4. The maximum atomic E-state index is 12.9. The van der Waals surface area contributed by atoms with Gasteiger partial charge < -0.3 is 20.5 Å². The maximum Gasteiger partial charge on any atom is 0.236 e. The van der Waals surface area contributed by atoms with Crippen LogP contribution < -0.4 is 5.73 Å². The third-order valence-corrected chi connectivity index (χ3v) is 4.70. The summed E-state index contributed by atoms with van der Waals surface area (Å²) in [6.07, 6.45) is 3.17. The average Bonchev–Trinajstić information content (AvgIpc) is 2.89. The zero-order chi connectivity index (χ0) is 14.0. The van der Waals surface area contributed by atoms with E-state index in [2.05, 4.69) is 0 Å². The Morgan fingerprint density at radius 3 is 2.68 bits per heavy atom. The molecule has 2 atom stereocenters. The number of morpholine rings is 1. The molecule has 2 aliphatic rings. The molecule has 0 aromatic carbocycles. The summed E-state index contributed by atoms with van der Waals surface area (Å²) in [5.74, 6) is 0.0201. The molecule has 1 amide bonds. The molecule has 3 N–H and O–H groups in total. The number of aliphatic hydroxyl groups is 1. The molecule has 1 saturated heterocycles. The maximum absolute atomic E-state index is 12.9. The molecule has 5 nitrogen and oxygen atoms in total. The lowest BCUT2D eigenvalue weighted by Crippen LogP contribution is -2.58. The first kappa shape index (κ1) is 14.7. The van der Waals surface area contributed by atoms with Gasteiger partial charge in [0.25, 0.3) is 0 Å². The number of rotatable bonds is 3. The minimum Gasteiger partial charge on any atom is -0.394 e. The van der Waals surface area contributed by atoms with Gasteiger partial charge in [-0.1, -0.05) is 25.1 Å². The fraction of sp³-hybridized carbons (Fsp3) is 0.846. The van der Waals surface area contributed by atoms with Gasteiger partial charge in [0.2, 0.25) is 5.91 Å². The van der Waals surface area contributed by atoms with E-state index in [1.165, 1.54) is 0 Å². The molecule has 108 valence electrons. The largest absolute Gasteiger partial charge is 0.394 e. The molecular formula is C13H22N2O3S. The van der Waals surface area contributed by atoms with E-state index in [1.807, 2.05) is 6.92 Å². The summed E-state index contributed by atoms with van der Waals surface area (Å²) in [4.78, 5) is 15.0. The molecule has 1 aliphatic carbocycles. The molecule has 0 radical (unpaired) electrons. The molecule has 1 saturated carbocycles. The Balaban J connectivity index is 2.18. The number of carbonyl (C=O) groups is 1. The van der Waals surface area contributed by atoms with Crippen molar-refractivity contribution in [2.24, 2.45) is 11.1 Å². The molecule has 1 aliphatic heterocycles. The zero-order valence-electron chi connectivity index (χ0n) is 11.3. The first-order chi connectivity index (χ1) is 9.01. The molecule has 2 unspecified atom stereocenters. The summed E-state index contributed by atoms with van der Waals surface area (Å²) >= 11 is 5.16. The van der Waals surface area contributed by atoms with Gasteiger partial charge in [0.05, 0.1) is 35.8 Å². The number of hydrogen-bond donors (Lipinski definition) is 2. The zero-order valence-corrected chi connectivity index (χ0v) is 12.1. The molecule has 2 fully saturated rings. The third-order valence-electron chi connectivity index (χ3n) is 4.31. The van der Waals surface area contributed by atoms with E-state index in [4.69, 9.17) is 22.7 Å². The molecule has 2 rings (SSSR count). The van der Waals surface area contributed by atoms with Gasteiger partial charge >= 0.3 is 0 Å². The molecule has 6 heteroatoms. The Bertz CT molecular complexity index is 369. The number of ether oxygens (including phenoxy) is 1. The number of amides is 1. The van der Waals surface area contributed by atoms with Crippen LogP contribution in [0.25, 0.3) is 0 Å². The second-order valence-corrected chi connectivity index (χ2v) is 6.04. The van der Waals surface area contributed by atoms with E-state index in [1.54, 1.807) is 4.90 Å². The van der Waals surface area contributed by atoms with E-state index in [9.17, 15) is 9.90 Å². The molecule has 19 heavy (non-hydrogen) atoms. The van der Waals surface area contributed by atoms with Gasteiger partial charge in [-0.25, -0.2) is 0 Å². The van der Waals surface area contributed by atoms with Gasteiger partial charge in [-0.2, -0.15) is 0 Å². The average molecular weight is 286 g/mol. The second kappa shape index (κ2) is 5.73. The summed E-state index contributed by atoms with van der Waals surface area (Å²) in [7, 11) is 0. The summed E-state index contributed by atoms with van der Waals surface area (Å²) in [6, 6.07) is 0.00197. The number of nitrogens with zero attached hydrogens (tertiary/aromatic N) is 1. The van der Waals surface area contributed by atoms with Crippen LogP contribution in [0.4, 0.5) is 0 Å². The highest BCUT2D eigenvalue weighted by Gasteiger charge is 2.48. The van der Waals surface area contributed by atoms with Crippen LogP contribution in [0.2, 0.25) is 0 Å². The van der Waals surface area contributed by atoms with Crippen LogP contribution in [0.3, 0.4) is 0 Å². The van der Waals surface area contributed by atoms with Crippen molar-refractivity contribution in [2.75, 3.05) is 19.8 Å². The summed E-state index contributed by atoms with van der Waals surface area (Å²) in [6.45, 7) is 2.75. The molecule has 1 heterocycles. The van der Waals surface area contributed by atoms with Crippen LogP contribution in [-0.2, 0) is 9.53 Å². The minimum atomic E-state index is -0.666. The Morgan fingerprint density at radius 2 is 2.16 bits per heavy atom. The van der Waals surface area contributed by atoms with Crippen molar-refractivity contribution in [3.05, 3.63) is 0 Å². The third kappa shape index (κ3) is 2.61. The van der Waals surface area contributed by atoms with Crippen LogP contribution in [0.15, 0.2) is 0 Å². The summed E-state index contributed by atoms with van der Waals surface area (Å²) in [5.41, 5.74) is 5.19. The van der Waals surface area contributed by atoms with Crippen molar-refractivity contribution in [3.8, 4) is 0 Å². The van der Waals surface area contributed by atoms with Gasteiger partial charge in [0.1, 0.15) is 0 Å². The minimum absolute atomic E-state index is 0.00197. The smallest absolute Gasteiger partial charge is 0.236 e. The van der Waals surface area contributed by atoms with E-state index in [0.29, 0.717) is 18.1 Å². The highest BCUT2D eigenvalue weighted by atomic mass is 32.1. The van der Waals surface area contributed by atoms with Crippen LogP contribution in [0, 0.1) is 5.41 Å². The van der Waals surface area contributed by atoms with Crippen LogP contribution in [0.1, 0.15) is 32.6 Å². The van der Waals surface area contributed by atoms with E-state index < -0.39 is 5.41 Å². The van der Waals surface area contributed by atoms with Crippen molar-refractivity contribution < 1.29 is 14.6 Å². The highest BCUT2D eigenvalue weighted by Crippen LogP contribution is 2.41. The lowest BCUT2D eigenvalue weighted by Gasteiger charge is -2.42. The van der Waals surface area contributed by atoms with Gasteiger partial charge in [-0.05, 0) is 19.8 Å². The number of aliphatic hydroxyl groups excluding tert-OH is 1. The van der Waals surface area contributed by atoms with Gasteiger partial charge in [0.15, 0.2) is 0 Å². The van der Waals surface area contributed by atoms with Gasteiger partial charge in [-0.3, -0.25) is 4.79 Å². The number of carbonyl (C=O) groups excluding carboxylic acids is 1. The number of nitrogens with two attached hydrogens (primary N) is 1. The molecule has 0 bridgehead atoms. The Kier molecular flexibility index (Phi) is 4.43. The quantitative estimate of drug-likeness (QED) is 0.736. The second-order valence-electron chi connectivity index (χ2n) is 5.60. The standard InChI is InChI=1S/C13H22N2O3S/c1-9-8-18-10(7-16)6-15(9)12(17)13(11(14)19)4-2-3-5-13/h9-10,16H,2-8H2,1H3,(H2,14,19). The molecule has 0 aromatic heterocycles. The van der Waals surface area contributed by atoms with Crippen molar-refractivity contribution in [1.29, 1.82) is 0 Å². The normalized spacial score (nSPS) is 30.3. The first-order valence-electron chi connectivity index (χ1n) is 6.84. The lowest BCUT2D eigenvalue weighted by molar-refractivity contribution is -0.153. The summed E-state index contributed by atoms with van der Waals surface area (Å²) in [5, 5.41) is 9.20. The van der Waals surface area contributed by atoms with Gasteiger partial charge in [-0.15, -0.1) is 0 Å². The Hall–Kier alpha value is -0.720. The van der Waals surface area contributed by atoms with E-state index in [-0.39, 0.29) is 24.7 Å². The van der Waals surface area contributed by atoms with Crippen molar-refractivity contribution >= 4 is 23.1 Å². The topological polar surface area (TPSA) is 75.8 Å². The lowest BCUT2D eigenvalue weighted by atomic mass is 9.83. The van der Waals surface area contributed by atoms with E-state index >= 15 is 0 Å². The predicted octanol–water partition coefficient (Wildman–Crippen LogP) is 0.441. The van der Waals surface area contributed by atoms with Crippen LogP contribution in [-0.4, -0.2) is 52.8 Å². The van der Waals surface area contributed by atoms with E-state index in [0.717, 1.165) is 25.7 Å². The highest BCUT2D eigenvalue weighted by molar-refractivity contribution is 7.80. The molecule has 0 aromatic rings. The molecular weight excluding hydrogens is 264 g/mol. The summed E-state index contributed by atoms with van der Waals surface area (Å²) < 4.78 is 5.47. The van der Waals surface area contributed by atoms with Crippen LogP contribution in [0.5, 0.6) is 0 Å². The van der Waals surface area contributed by atoms with Crippen molar-refractivity contribution in [1.82, 2.24) is 4.90 Å². The molecule has 0 spiro atoms. The van der Waals surface area contributed by atoms with Crippen molar-refractivity contribution in [3.63, 3.8) is 0 Å². The fourth-order valence-electron chi connectivity index (χ4n) is 3.03. The van der Waals surface area contributed by atoms with Crippen LogP contribution >= 0.6 is 12.2 Å². The Morgan fingerprint density at radius 1 is 1.53 bits per heavy atom. The fourth-order valence-corrected chi connectivity index (χ4v) is 3.32. The van der Waals surface area contributed by atoms with Gasteiger partial charge in [0, 0.05) is 6.54 Å². The monoisotopic (exact) mass is 286 g/mol. The Labute approximate surface area is 119 Å². The number of thiocarbonyl (C=S) groups is 1. The SMILES string of the molecule is CC1COC(CO)CN1C(=O)C1(C(N)=S)CCCC1. The predicted molar refractivity (Wildman–Crippen MR) is 75.7 cm³/mol. The first-order valence-corrected chi connectivity index (χ1v) is 7.25. The van der Waals surface area contributed by atoms with Crippen molar-refractivity contribution in [2.45, 2.75) is 44.8 Å².